The predicted octanol–water partition coefficient (Wildman–Crippen LogP) is 3.11. The van der Waals surface area contributed by atoms with Gasteiger partial charge in [0, 0.05) is 6.08 Å². The topological polar surface area (TPSA) is 35.5 Å². The Bertz CT molecular complexity index is 447. The molecule has 1 aromatic rings. The van der Waals surface area contributed by atoms with Crippen LogP contribution < -0.4 is 4.74 Å². The molecule has 0 amide bonds. The van der Waals surface area contributed by atoms with Crippen LogP contribution in [0.1, 0.15) is 23.6 Å². The zero-order valence-electron chi connectivity index (χ0n) is 11.4. The van der Waals surface area contributed by atoms with Crippen molar-refractivity contribution in [2.24, 2.45) is 0 Å². The fourth-order valence-corrected chi connectivity index (χ4v) is 1.61. The molecule has 3 nitrogen and oxygen atoms in total. The third-order valence-electron chi connectivity index (χ3n) is 2.74. The van der Waals surface area contributed by atoms with E-state index < -0.39 is 0 Å². The van der Waals surface area contributed by atoms with Crippen LogP contribution in [0.15, 0.2) is 24.3 Å². The molecular weight excluding hydrogens is 228 g/mol. The largest absolute Gasteiger partial charge is 0.489 e. The number of benzene rings is 1. The molecule has 0 aliphatic heterocycles. The van der Waals surface area contributed by atoms with Gasteiger partial charge in [-0.15, -0.1) is 0 Å². The number of carbonyl (C=O) groups is 1. The Morgan fingerprint density at radius 3 is 2.56 bits per heavy atom. The number of hydrogen-bond donors (Lipinski definition) is 0. The summed E-state index contributed by atoms with van der Waals surface area (Å²) in [6, 6.07) is 4.11. The molecule has 0 unspecified atom stereocenters. The lowest BCUT2D eigenvalue weighted by molar-refractivity contribution is -0.137. The normalized spacial score (nSPS) is 10.7. The van der Waals surface area contributed by atoms with Gasteiger partial charge in [0.1, 0.15) is 12.4 Å². The van der Waals surface area contributed by atoms with Crippen molar-refractivity contribution in [1.82, 2.24) is 0 Å². The molecule has 0 radical (unpaired) electrons. The molecule has 98 valence electrons. The second-order valence-corrected chi connectivity index (χ2v) is 4.12. The smallest absolute Gasteiger partial charge is 0.330 e. The molecule has 0 N–H and O–H groups in total. The van der Waals surface area contributed by atoms with E-state index in [9.17, 15) is 4.79 Å². The highest BCUT2D eigenvalue weighted by Gasteiger charge is 2.05. The van der Waals surface area contributed by atoms with E-state index >= 15 is 0 Å². The first kappa shape index (κ1) is 14.3. The fraction of sp³-hybridized carbons (Fsp3) is 0.400. The minimum absolute atomic E-state index is 0.334. The van der Waals surface area contributed by atoms with E-state index in [2.05, 4.69) is 13.0 Å². The van der Waals surface area contributed by atoms with Crippen LogP contribution in [0.5, 0.6) is 5.75 Å². The summed E-state index contributed by atoms with van der Waals surface area (Å²) in [7, 11) is 0. The van der Waals surface area contributed by atoms with E-state index in [1.165, 1.54) is 11.6 Å². The third-order valence-corrected chi connectivity index (χ3v) is 2.74. The third kappa shape index (κ3) is 3.91. The van der Waals surface area contributed by atoms with Gasteiger partial charge >= 0.3 is 5.97 Å². The van der Waals surface area contributed by atoms with Gasteiger partial charge in [0.25, 0.3) is 0 Å². The Balaban J connectivity index is 2.59. The van der Waals surface area contributed by atoms with Crippen LogP contribution in [0, 0.1) is 20.8 Å². The van der Waals surface area contributed by atoms with Gasteiger partial charge in [-0.05, 0) is 50.5 Å². The average Bonchev–Trinajstić information content (AvgIpc) is 2.33. The summed E-state index contributed by atoms with van der Waals surface area (Å²) >= 11 is 0. The molecule has 0 saturated carbocycles. The van der Waals surface area contributed by atoms with E-state index in [4.69, 9.17) is 9.47 Å². The SMILES string of the molecule is CCOC(=O)/C=C/COc1c(C)ccc(C)c1C. The maximum atomic E-state index is 11.1. The molecule has 0 aromatic heterocycles. The van der Waals surface area contributed by atoms with Gasteiger partial charge in [0.05, 0.1) is 6.61 Å². The van der Waals surface area contributed by atoms with Gasteiger partial charge in [0.15, 0.2) is 0 Å². The summed E-state index contributed by atoms with van der Waals surface area (Å²) in [5, 5.41) is 0. The molecular formula is C15H20O3. The molecule has 3 heteroatoms. The molecule has 0 spiro atoms. The van der Waals surface area contributed by atoms with Crippen molar-refractivity contribution in [2.45, 2.75) is 27.7 Å². The van der Waals surface area contributed by atoms with Crippen molar-refractivity contribution < 1.29 is 14.3 Å². The molecule has 0 aliphatic carbocycles. The van der Waals surface area contributed by atoms with E-state index in [-0.39, 0.29) is 5.97 Å². The monoisotopic (exact) mass is 248 g/mol. The van der Waals surface area contributed by atoms with E-state index in [1.807, 2.05) is 19.9 Å². The molecule has 0 fully saturated rings. The van der Waals surface area contributed by atoms with Gasteiger partial charge in [0.2, 0.25) is 0 Å². The molecule has 0 atom stereocenters. The van der Waals surface area contributed by atoms with Crippen LogP contribution in [0.2, 0.25) is 0 Å². The summed E-state index contributed by atoms with van der Waals surface area (Å²) in [6.07, 6.45) is 3.06. The van der Waals surface area contributed by atoms with Gasteiger partial charge < -0.3 is 9.47 Å². The Morgan fingerprint density at radius 1 is 1.22 bits per heavy atom. The standard InChI is InChI=1S/C15H20O3/c1-5-17-14(16)7-6-10-18-15-12(3)9-8-11(2)13(15)4/h6-9H,5,10H2,1-4H3/b7-6+. The highest BCUT2D eigenvalue weighted by atomic mass is 16.5. The van der Waals surface area contributed by atoms with Crippen molar-refractivity contribution in [3.05, 3.63) is 41.0 Å². The molecule has 1 aromatic carbocycles. The molecule has 18 heavy (non-hydrogen) atoms. The van der Waals surface area contributed by atoms with Crippen LogP contribution in [-0.4, -0.2) is 19.2 Å². The maximum Gasteiger partial charge on any atom is 0.330 e. The summed E-state index contributed by atoms with van der Waals surface area (Å²) in [6.45, 7) is 8.63. The Labute approximate surface area is 108 Å². The van der Waals surface area contributed by atoms with Gasteiger partial charge in [-0.1, -0.05) is 12.1 Å². The number of esters is 1. The van der Waals surface area contributed by atoms with Gasteiger partial charge in [-0.3, -0.25) is 0 Å². The second-order valence-electron chi connectivity index (χ2n) is 4.12. The first-order valence-corrected chi connectivity index (χ1v) is 6.09. The summed E-state index contributed by atoms with van der Waals surface area (Å²) < 4.78 is 10.5. The maximum absolute atomic E-state index is 11.1. The Morgan fingerprint density at radius 2 is 1.89 bits per heavy atom. The first-order chi connectivity index (χ1) is 8.56. The lowest BCUT2D eigenvalue weighted by Crippen LogP contribution is -2.02. The second kappa shape index (κ2) is 6.84. The van der Waals surface area contributed by atoms with E-state index in [0.717, 1.165) is 16.9 Å². The Kier molecular flexibility index (Phi) is 5.43. The number of aryl methyl sites for hydroxylation is 2. The predicted molar refractivity (Wildman–Crippen MR) is 71.9 cm³/mol. The molecule has 0 saturated heterocycles. The highest BCUT2D eigenvalue weighted by Crippen LogP contribution is 2.25. The highest BCUT2D eigenvalue weighted by molar-refractivity contribution is 5.81. The van der Waals surface area contributed by atoms with E-state index in [0.29, 0.717) is 13.2 Å². The van der Waals surface area contributed by atoms with Crippen molar-refractivity contribution in [3.8, 4) is 5.75 Å². The molecule has 1 rings (SSSR count). The van der Waals surface area contributed by atoms with E-state index in [1.54, 1.807) is 13.0 Å². The average molecular weight is 248 g/mol. The van der Waals surface area contributed by atoms with Crippen LogP contribution in [0.3, 0.4) is 0 Å². The lowest BCUT2D eigenvalue weighted by Gasteiger charge is -2.12. The number of ether oxygens (including phenoxy) is 2. The zero-order valence-corrected chi connectivity index (χ0v) is 11.4. The quantitative estimate of drug-likeness (QED) is 0.593. The van der Waals surface area contributed by atoms with Crippen LogP contribution >= 0.6 is 0 Å². The van der Waals surface area contributed by atoms with Crippen molar-refractivity contribution >= 4 is 5.97 Å². The minimum atomic E-state index is -0.334. The van der Waals surface area contributed by atoms with Gasteiger partial charge in [-0.2, -0.15) is 0 Å². The number of carbonyl (C=O) groups excluding carboxylic acids is 1. The van der Waals surface area contributed by atoms with Gasteiger partial charge in [-0.25, -0.2) is 4.79 Å². The minimum Gasteiger partial charge on any atom is -0.489 e. The van der Waals surface area contributed by atoms with Crippen molar-refractivity contribution in [2.75, 3.05) is 13.2 Å². The van der Waals surface area contributed by atoms with Crippen molar-refractivity contribution in [1.29, 1.82) is 0 Å². The molecule has 0 heterocycles. The number of hydrogen-bond acceptors (Lipinski definition) is 3. The molecule has 0 bridgehead atoms. The summed E-state index contributed by atoms with van der Waals surface area (Å²) in [5.41, 5.74) is 3.44. The van der Waals surface area contributed by atoms with Crippen LogP contribution in [-0.2, 0) is 9.53 Å². The summed E-state index contributed by atoms with van der Waals surface area (Å²) in [4.78, 5) is 11.1. The lowest BCUT2D eigenvalue weighted by atomic mass is 10.1. The molecule has 0 aliphatic rings. The van der Waals surface area contributed by atoms with Crippen LogP contribution in [0.25, 0.3) is 0 Å². The Hall–Kier alpha value is -1.77. The zero-order chi connectivity index (χ0) is 13.5. The van der Waals surface area contributed by atoms with Crippen LogP contribution in [0.4, 0.5) is 0 Å². The van der Waals surface area contributed by atoms with Crippen molar-refractivity contribution in [3.63, 3.8) is 0 Å². The first-order valence-electron chi connectivity index (χ1n) is 6.09. The fourth-order valence-electron chi connectivity index (χ4n) is 1.61. The summed E-state index contributed by atoms with van der Waals surface area (Å²) in [5.74, 6) is 0.558. The number of rotatable bonds is 5.